The second-order valence-electron chi connectivity index (χ2n) is 7.33. The molecule has 124 valence electrons. The molecule has 23 heavy (non-hydrogen) atoms. The van der Waals surface area contributed by atoms with Crippen LogP contribution >= 0.6 is 0 Å². The van der Waals surface area contributed by atoms with Gasteiger partial charge in [-0.1, -0.05) is 38.5 Å². The van der Waals surface area contributed by atoms with E-state index < -0.39 is 0 Å². The fourth-order valence-electron chi connectivity index (χ4n) is 3.78. The van der Waals surface area contributed by atoms with Crippen LogP contribution < -0.4 is 4.74 Å². The summed E-state index contributed by atoms with van der Waals surface area (Å²) in [6, 6.07) is 4.05. The lowest BCUT2D eigenvalue weighted by Gasteiger charge is -2.37. The number of phenolic OH excluding ortho intramolecular Hbond substituents is 1. The zero-order valence-corrected chi connectivity index (χ0v) is 14.6. The molecule has 0 fully saturated rings. The summed E-state index contributed by atoms with van der Waals surface area (Å²) in [6.07, 6.45) is 7.75. The van der Waals surface area contributed by atoms with E-state index in [1.165, 1.54) is 12.0 Å². The number of rotatable bonds is 4. The Hall–Kier alpha value is -1.70. The molecule has 1 aliphatic heterocycles. The molecule has 1 heterocycles. The molecule has 3 rings (SSSR count). The summed E-state index contributed by atoms with van der Waals surface area (Å²) in [5.74, 6) is 3.25. The van der Waals surface area contributed by atoms with Crippen LogP contribution in [0.1, 0.15) is 63.5 Å². The zero-order valence-electron chi connectivity index (χ0n) is 14.6. The molecule has 3 atom stereocenters. The van der Waals surface area contributed by atoms with E-state index >= 15 is 0 Å². The summed E-state index contributed by atoms with van der Waals surface area (Å²) in [7, 11) is 0. The van der Waals surface area contributed by atoms with Crippen molar-refractivity contribution < 1.29 is 9.84 Å². The molecule has 0 radical (unpaired) electrons. The minimum absolute atomic E-state index is 0.212. The number of aryl methyl sites for hydroxylation is 1. The topological polar surface area (TPSA) is 29.5 Å². The fourth-order valence-corrected chi connectivity index (χ4v) is 3.78. The molecule has 1 aliphatic carbocycles. The minimum Gasteiger partial charge on any atom is -0.507 e. The van der Waals surface area contributed by atoms with E-state index in [1.807, 2.05) is 6.07 Å². The first-order chi connectivity index (χ1) is 11.0. The molecular weight excluding hydrogens is 284 g/mol. The van der Waals surface area contributed by atoms with Crippen LogP contribution in [0, 0.1) is 11.8 Å². The normalized spacial score (nSPS) is 24.3. The molecule has 2 nitrogen and oxygen atoms in total. The van der Waals surface area contributed by atoms with E-state index in [0.29, 0.717) is 17.6 Å². The van der Waals surface area contributed by atoms with Crippen molar-refractivity contribution in [2.75, 3.05) is 0 Å². The van der Waals surface area contributed by atoms with Gasteiger partial charge < -0.3 is 9.84 Å². The standard InChI is InChI=1S/C21H28O2/c1-5-13(2)6-8-16-11-19(22)21-18-10-14(3)7-9-17(18)15(4)23-20(21)12-16/h10-13,17-18,22H,4-9H2,1-3H3/t13?,17-,18?/m0/s1. The quantitative estimate of drug-likeness (QED) is 0.721. The maximum atomic E-state index is 10.6. The molecule has 0 spiro atoms. The average molecular weight is 312 g/mol. The van der Waals surface area contributed by atoms with Crippen molar-refractivity contribution in [1.29, 1.82) is 0 Å². The van der Waals surface area contributed by atoms with Crippen LogP contribution in [0.2, 0.25) is 0 Å². The molecule has 2 aliphatic rings. The Bertz CT molecular complexity index is 641. The Balaban J connectivity index is 1.93. The number of allylic oxidation sites excluding steroid dienone is 3. The second kappa shape index (κ2) is 6.43. The predicted octanol–water partition coefficient (Wildman–Crippen LogP) is 5.72. The summed E-state index contributed by atoms with van der Waals surface area (Å²) in [5.41, 5.74) is 3.50. The molecule has 1 aromatic carbocycles. The van der Waals surface area contributed by atoms with Crippen molar-refractivity contribution in [3.8, 4) is 11.5 Å². The number of hydrogen-bond donors (Lipinski definition) is 1. The Labute approximate surface area is 139 Å². The molecule has 0 saturated carbocycles. The van der Waals surface area contributed by atoms with Gasteiger partial charge in [-0.3, -0.25) is 0 Å². The Morgan fingerprint density at radius 3 is 2.91 bits per heavy atom. The SMILES string of the molecule is C=C1Oc2cc(CCC(C)CC)cc(O)c2C2C=C(C)CC[C@@H]12. The van der Waals surface area contributed by atoms with Gasteiger partial charge in [-0.2, -0.15) is 0 Å². The number of aromatic hydroxyl groups is 1. The highest BCUT2D eigenvalue weighted by atomic mass is 16.5. The monoisotopic (exact) mass is 312 g/mol. The van der Waals surface area contributed by atoms with Crippen molar-refractivity contribution in [2.24, 2.45) is 11.8 Å². The molecule has 0 bridgehead atoms. The van der Waals surface area contributed by atoms with Gasteiger partial charge in [0.2, 0.25) is 0 Å². The highest BCUT2D eigenvalue weighted by Crippen LogP contribution is 2.51. The molecule has 0 saturated heterocycles. The highest BCUT2D eigenvalue weighted by molar-refractivity contribution is 5.54. The van der Waals surface area contributed by atoms with Gasteiger partial charge in [0.25, 0.3) is 0 Å². The summed E-state index contributed by atoms with van der Waals surface area (Å²) in [4.78, 5) is 0. The van der Waals surface area contributed by atoms with Gasteiger partial charge in [0.1, 0.15) is 17.3 Å². The van der Waals surface area contributed by atoms with Crippen LogP contribution in [0.4, 0.5) is 0 Å². The summed E-state index contributed by atoms with van der Waals surface area (Å²) < 4.78 is 6.01. The van der Waals surface area contributed by atoms with Gasteiger partial charge in [-0.15, -0.1) is 0 Å². The molecule has 0 amide bonds. The van der Waals surface area contributed by atoms with Crippen LogP contribution in [0.5, 0.6) is 11.5 Å². The molecule has 0 aromatic heterocycles. The van der Waals surface area contributed by atoms with E-state index in [9.17, 15) is 5.11 Å². The number of phenols is 1. The lowest BCUT2D eigenvalue weighted by atomic mass is 9.74. The molecule has 1 N–H and O–H groups in total. The molecule has 1 aromatic rings. The summed E-state index contributed by atoms with van der Waals surface area (Å²) in [5, 5.41) is 10.6. The number of fused-ring (bicyclic) bond motifs is 3. The lowest BCUT2D eigenvalue weighted by molar-refractivity contribution is 0.275. The first-order valence-corrected chi connectivity index (χ1v) is 8.89. The molecular formula is C21H28O2. The third kappa shape index (κ3) is 3.17. The maximum Gasteiger partial charge on any atom is 0.134 e. The van der Waals surface area contributed by atoms with Crippen molar-refractivity contribution in [3.05, 3.63) is 47.2 Å². The number of benzene rings is 1. The van der Waals surface area contributed by atoms with Crippen molar-refractivity contribution in [1.82, 2.24) is 0 Å². The maximum absolute atomic E-state index is 10.6. The third-order valence-electron chi connectivity index (χ3n) is 5.54. The van der Waals surface area contributed by atoms with Gasteiger partial charge in [-0.25, -0.2) is 0 Å². The minimum atomic E-state index is 0.212. The summed E-state index contributed by atoms with van der Waals surface area (Å²) >= 11 is 0. The Morgan fingerprint density at radius 2 is 2.17 bits per heavy atom. The van der Waals surface area contributed by atoms with E-state index in [1.54, 1.807) is 0 Å². The van der Waals surface area contributed by atoms with Crippen LogP contribution in [-0.2, 0) is 6.42 Å². The van der Waals surface area contributed by atoms with Gasteiger partial charge in [-0.05, 0) is 56.2 Å². The highest BCUT2D eigenvalue weighted by Gasteiger charge is 2.36. The number of ether oxygens (including phenoxy) is 1. The van der Waals surface area contributed by atoms with E-state index in [0.717, 1.165) is 48.3 Å². The zero-order chi connectivity index (χ0) is 16.6. The van der Waals surface area contributed by atoms with Crippen LogP contribution in [0.15, 0.2) is 36.1 Å². The lowest BCUT2D eigenvalue weighted by Crippen LogP contribution is -2.25. The average Bonchev–Trinajstić information content (AvgIpc) is 2.51. The molecule has 2 heteroatoms. The van der Waals surface area contributed by atoms with Crippen molar-refractivity contribution in [3.63, 3.8) is 0 Å². The smallest absolute Gasteiger partial charge is 0.134 e. The van der Waals surface area contributed by atoms with Crippen LogP contribution in [0.25, 0.3) is 0 Å². The van der Waals surface area contributed by atoms with E-state index in [4.69, 9.17) is 4.74 Å². The van der Waals surface area contributed by atoms with Gasteiger partial charge in [0.15, 0.2) is 0 Å². The van der Waals surface area contributed by atoms with Gasteiger partial charge in [0, 0.05) is 17.4 Å². The van der Waals surface area contributed by atoms with Gasteiger partial charge >= 0.3 is 0 Å². The van der Waals surface area contributed by atoms with Crippen LogP contribution in [-0.4, -0.2) is 5.11 Å². The predicted molar refractivity (Wildman–Crippen MR) is 94.9 cm³/mol. The van der Waals surface area contributed by atoms with Crippen molar-refractivity contribution >= 4 is 0 Å². The Kier molecular flexibility index (Phi) is 4.52. The summed E-state index contributed by atoms with van der Waals surface area (Å²) in [6.45, 7) is 10.8. The first-order valence-electron chi connectivity index (χ1n) is 8.89. The Morgan fingerprint density at radius 1 is 1.39 bits per heavy atom. The third-order valence-corrected chi connectivity index (χ3v) is 5.54. The van der Waals surface area contributed by atoms with Crippen molar-refractivity contribution in [2.45, 2.75) is 58.8 Å². The second-order valence-corrected chi connectivity index (χ2v) is 7.33. The van der Waals surface area contributed by atoms with Gasteiger partial charge in [0.05, 0.1) is 0 Å². The molecule has 2 unspecified atom stereocenters. The fraction of sp³-hybridized carbons (Fsp3) is 0.524. The first kappa shape index (κ1) is 16.2. The number of hydrogen-bond acceptors (Lipinski definition) is 2. The largest absolute Gasteiger partial charge is 0.507 e. The van der Waals surface area contributed by atoms with E-state index in [2.05, 4.69) is 39.5 Å². The van der Waals surface area contributed by atoms with Crippen LogP contribution in [0.3, 0.4) is 0 Å². The van der Waals surface area contributed by atoms with E-state index in [-0.39, 0.29) is 5.92 Å².